The zero-order valence-electron chi connectivity index (χ0n) is 9.47. The standard InChI is InChI=1S/C10H18O5/c1-5-7-8(15-10(2,3)14-7)6(11)9(12-4)13-5/h5-9,11H,1-4H3. The number of methoxy groups -OCH3 is 1. The quantitative estimate of drug-likeness (QED) is 0.684. The van der Waals surface area contributed by atoms with E-state index < -0.39 is 18.2 Å². The molecule has 0 bridgehead atoms. The zero-order chi connectivity index (χ0) is 11.2. The van der Waals surface area contributed by atoms with Gasteiger partial charge in [-0.1, -0.05) is 0 Å². The lowest BCUT2D eigenvalue weighted by Gasteiger charge is -2.37. The molecule has 0 saturated carbocycles. The molecule has 2 saturated heterocycles. The average Bonchev–Trinajstić information content (AvgIpc) is 2.48. The first-order chi connectivity index (χ1) is 6.94. The molecule has 5 atom stereocenters. The Kier molecular flexibility index (Phi) is 2.77. The van der Waals surface area contributed by atoms with E-state index in [0.29, 0.717) is 0 Å². The maximum atomic E-state index is 9.93. The van der Waals surface area contributed by atoms with Crippen LogP contribution >= 0.6 is 0 Å². The Bertz CT molecular complexity index is 242. The Morgan fingerprint density at radius 3 is 2.40 bits per heavy atom. The Hall–Kier alpha value is -0.200. The highest BCUT2D eigenvalue weighted by molar-refractivity contribution is 4.94. The number of fused-ring (bicyclic) bond motifs is 1. The van der Waals surface area contributed by atoms with E-state index in [4.69, 9.17) is 18.9 Å². The lowest BCUT2D eigenvalue weighted by molar-refractivity contribution is -0.265. The molecule has 2 aliphatic rings. The van der Waals surface area contributed by atoms with Crippen molar-refractivity contribution in [2.24, 2.45) is 0 Å². The molecule has 0 aliphatic carbocycles. The van der Waals surface area contributed by atoms with Crippen LogP contribution in [0.1, 0.15) is 20.8 Å². The number of hydrogen-bond acceptors (Lipinski definition) is 5. The van der Waals surface area contributed by atoms with E-state index in [0.717, 1.165) is 0 Å². The Morgan fingerprint density at radius 1 is 1.20 bits per heavy atom. The van der Waals surface area contributed by atoms with Gasteiger partial charge in [0, 0.05) is 7.11 Å². The summed E-state index contributed by atoms with van der Waals surface area (Å²) in [4.78, 5) is 0. The fourth-order valence-corrected chi connectivity index (χ4v) is 2.16. The zero-order valence-corrected chi connectivity index (χ0v) is 9.47. The molecule has 0 radical (unpaired) electrons. The molecule has 0 aromatic heterocycles. The highest BCUT2D eigenvalue weighted by Gasteiger charge is 2.53. The molecule has 88 valence electrons. The van der Waals surface area contributed by atoms with Crippen LogP contribution in [0.4, 0.5) is 0 Å². The first-order valence-electron chi connectivity index (χ1n) is 5.16. The first-order valence-corrected chi connectivity index (χ1v) is 5.16. The van der Waals surface area contributed by atoms with Crippen molar-refractivity contribution in [2.45, 2.75) is 57.3 Å². The third-order valence-electron chi connectivity index (χ3n) is 2.82. The fourth-order valence-electron chi connectivity index (χ4n) is 2.16. The van der Waals surface area contributed by atoms with E-state index in [1.165, 1.54) is 7.11 Å². The van der Waals surface area contributed by atoms with Crippen LogP contribution in [0, 0.1) is 0 Å². The second-order valence-electron chi connectivity index (χ2n) is 4.50. The summed E-state index contributed by atoms with van der Waals surface area (Å²) < 4.78 is 21.8. The highest BCUT2D eigenvalue weighted by atomic mass is 16.8. The van der Waals surface area contributed by atoms with Gasteiger partial charge in [0.1, 0.15) is 18.3 Å². The summed E-state index contributed by atoms with van der Waals surface area (Å²) in [6.45, 7) is 5.54. The van der Waals surface area contributed by atoms with Crippen molar-refractivity contribution in [2.75, 3.05) is 7.11 Å². The monoisotopic (exact) mass is 218 g/mol. The van der Waals surface area contributed by atoms with Crippen molar-refractivity contribution in [3.63, 3.8) is 0 Å². The van der Waals surface area contributed by atoms with E-state index in [1.807, 2.05) is 20.8 Å². The number of hydrogen-bond donors (Lipinski definition) is 1. The minimum atomic E-state index is -0.807. The Balaban J connectivity index is 2.16. The summed E-state index contributed by atoms with van der Waals surface area (Å²) in [5.74, 6) is -0.670. The van der Waals surface area contributed by atoms with E-state index in [2.05, 4.69) is 0 Å². The van der Waals surface area contributed by atoms with Gasteiger partial charge in [-0.2, -0.15) is 0 Å². The number of rotatable bonds is 1. The molecule has 2 rings (SSSR count). The van der Waals surface area contributed by atoms with Gasteiger partial charge >= 0.3 is 0 Å². The van der Waals surface area contributed by atoms with Crippen LogP contribution in [0.25, 0.3) is 0 Å². The average molecular weight is 218 g/mol. The van der Waals surface area contributed by atoms with Crippen molar-refractivity contribution in [1.29, 1.82) is 0 Å². The predicted octanol–water partition coefficient (Wildman–Crippen LogP) is 0.259. The molecule has 0 aromatic rings. The Labute approximate surface area is 89.3 Å². The molecule has 5 nitrogen and oxygen atoms in total. The summed E-state index contributed by atoms with van der Waals surface area (Å²) in [5, 5.41) is 9.93. The molecule has 15 heavy (non-hydrogen) atoms. The minimum Gasteiger partial charge on any atom is -0.385 e. The topological polar surface area (TPSA) is 57.2 Å². The fraction of sp³-hybridized carbons (Fsp3) is 1.00. The largest absolute Gasteiger partial charge is 0.385 e. The van der Waals surface area contributed by atoms with Crippen molar-refractivity contribution >= 4 is 0 Å². The summed E-state index contributed by atoms with van der Waals surface area (Å²) in [6, 6.07) is 0. The van der Waals surface area contributed by atoms with Crippen molar-refractivity contribution in [1.82, 2.24) is 0 Å². The van der Waals surface area contributed by atoms with E-state index in [-0.39, 0.29) is 18.3 Å². The van der Waals surface area contributed by atoms with Crippen LogP contribution in [-0.2, 0) is 18.9 Å². The van der Waals surface area contributed by atoms with Crippen LogP contribution in [0.3, 0.4) is 0 Å². The van der Waals surface area contributed by atoms with Gasteiger partial charge in [-0.3, -0.25) is 0 Å². The van der Waals surface area contributed by atoms with Gasteiger partial charge in [-0.25, -0.2) is 0 Å². The van der Waals surface area contributed by atoms with Gasteiger partial charge in [-0.05, 0) is 20.8 Å². The van der Waals surface area contributed by atoms with E-state index >= 15 is 0 Å². The summed E-state index contributed by atoms with van der Waals surface area (Å²) in [5.41, 5.74) is 0. The smallest absolute Gasteiger partial charge is 0.186 e. The van der Waals surface area contributed by atoms with E-state index in [9.17, 15) is 5.11 Å². The molecule has 0 aromatic carbocycles. The lowest BCUT2D eigenvalue weighted by Crippen LogP contribution is -2.55. The number of aliphatic hydroxyl groups is 1. The van der Waals surface area contributed by atoms with Crippen LogP contribution < -0.4 is 0 Å². The predicted molar refractivity (Wildman–Crippen MR) is 51.2 cm³/mol. The van der Waals surface area contributed by atoms with Gasteiger partial charge < -0.3 is 24.1 Å². The molecule has 5 unspecified atom stereocenters. The van der Waals surface area contributed by atoms with Crippen LogP contribution in [-0.4, -0.2) is 48.7 Å². The first kappa shape index (κ1) is 11.3. The van der Waals surface area contributed by atoms with Gasteiger partial charge in [-0.15, -0.1) is 0 Å². The third-order valence-corrected chi connectivity index (χ3v) is 2.82. The van der Waals surface area contributed by atoms with Gasteiger partial charge in [0.15, 0.2) is 12.1 Å². The molecular weight excluding hydrogens is 200 g/mol. The lowest BCUT2D eigenvalue weighted by atomic mass is 10.0. The molecule has 0 spiro atoms. The highest BCUT2D eigenvalue weighted by Crippen LogP contribution is 2.37. The second-order valence-corrected chi connectivity index (χ2v) is 4.50. The summed E-state index contributed by atoms with van der Waals surface area (Å²) >= 11 is 0. The SMILES string of the molecule is COC1OC(C)C2OC(C)(C)OC2C1O. The summed E-state index contributed by atoms with van der Waals surface area (Å²) in [6.07, 6.45) is -2.21. The maximum absolute atomic E-state index is 9.93. The van der Waals surface area contributed by atoms with Gasteiger partial charge in [0.2, 0.25) is 0 Å². The van der Waals surface area contributed by atoms with Crippen LogP contribution in [0.5, 0.6) is 0 Å². The number of ether oxygens (including phenoxy) is 4. The molecule has 2 aliphatic heterocycles. The third kappa shape index (κ3) is 1.90. The Morgan fingerprint density at radius 2 is 1.80 bits per heavy atom. The second kappa shape index (κ2) is 3.68. The van der Waals surface area contributed by atoms with E-state index in [1.54, 1.807) is 0 Å². The van der Waals surface area contributed by atoms with Gasteiger partial charge in [0.25, 0.3) is 0 Å². The van der Waals surface area contributed by atoms with Crippen molar-refractivity contribution in [3.8, 4) is 0 Å². The molecule has 5 heteroatoms. The molecule has 1 N–H and O–H groups in total. The molecular formula is C10H18O5. The van der Waals surface area contributed by atoms with Gasteiger partial charge in [0.05, 0.1) is 6.10 Å². The number of aliphatic hydroxyl groups excluding tert-OH is 1. The normalized spacial score (nSPS) is 49.0. The molecule has 2 fully saturated rings. The maximum Gasteiger partial charge on any atom is 0.186 e. The summed E-state index contributed by atoms with van der Waals surface area (Å²) in [7, 11) is 1.50. The van der Waals surface area contributed by atoms with Crippen LogP contribution in [0.15, 0.2) is 0 Å². The van der Waals surface area contributed by atoms with Crippen molar-refractivity contribution < 1.29 is 24.1 Å². The van der Waals surface area contributed by atoms with Crippen molar-refractivity contribution in [3.05, 3.63) is 0 Å². The minimum absolute atomic E-state index is 0.148. The molecule has 0 amide bonds. The van der Waals surface area contributed by atoms with Crippen LogP contribution in [0.2, 0.25) is 0 Å². The molecule has 2 heterocycles.